The third-order valence-electron chi connectivity index (χ3n) is 5.99. The minimum atomic E-state index is -3.33. The highest BCUT2D eigenvalue weighted by molar-refractivity contribution is 7.88. The highest BCUT2D eigenvalue weighted by Crippen LogP contribution is 2.50. The van der Waals surface area contributed by atoms with Crippen molar-refractivity contribution in [2.45, 2.75) is 38.1 Å². The van der Waals surface area contributed by atoms with Gasteiger partial charge in [0.2, 0.25) is 15.9 Å². The van der Waals surface area contributed by atoms with Gasteiger partial charge in [0.25, 0.3) is 5.91 Å². The molecule has 4 rings (SSSR count). The molecule has 1 aromatic carbocycles. The molecule has 162 valence electrons. The third-order valence-corrected chi connectivity index (χ3v) is 7.21. The molecule has 1 saturated heterocycles. The number of nitrogens with one attached hydrogen (secondary N) is 1. The van der Waals surface area contributed by atoms with E-state index in [2.05, 4.69) is 15.5 Å². The van der Waals surface area contributed by atoms with E-state index >= 15 is 0 Å². The van der Waals surface area contributed by atoms with Crippen molar-refractivity contribution >= 4 is 15.9 Å². The molecule has 1 saturated carbocycles. The van der Waals surface area contributed by atoms with Gasteiger partial charge in [0.1, 0.15) is 5.75 Å². The number of aryl methyl sites for hydroxylation is 2. The summed E-state index contributed by atoms with van der Waals surface area (Å²) in [7, 11) is -3.33. The SMILES string of the molecule is Cc1cccc(OCC(=O)N[C@@H]2CC3CN(S(C)(=O)=O)C[C@@]3(c3nc(C)no3)C2)c1. The Kier molecular flexibility index (Phi) is 5.31. The van der Waals surface area contributed by atoms with Crippen LogP contribution in [0, 0.1) is 19.8 Å². The molecule has 2 heterocycles. The van der Waals surface area contributed by atoms with Gasteiger partial charge in [-0.15, -0.1) is 0 Å². The average Bonchev–Trinajstić information content (AvgIpc) is 3.32. The molecule has 1 amide bonds. The van der Waals surface area contributed by atoms with E-state index < -0.39 is 15.4 Å². The van der Waals surface area contributed by atoms with Crippen LogP contribution in [-0.4, -0.2) is 60.8 Å². The zero-order valence-electron chi connectivity index (χ0n) is 17.3. The lowest BCUT2D eigenvalue weighted by molar-refractivity contribution is -0.123. The van der Waals surface area contributed by atoms with E-state index in [1.165, 1.54) is 10.6 Å². The van der Waals surface area contributed by atoms with Crippen molar-refractivity contribution in [3.05, 3.63) is 41.5 Å². The van der Waals surface area contributed by atoms with Crippen molar-refractivity contribution in [3.8, 4) is 5.75 Å². The molecule has 9 nitrogen and oxygen atoms in total. The highest BCUT2D eigenvalue weighted by Gasteiger charge is 2.58. The Labute approximate surface area is 175 Å². The maximum atomic E-state index is 12.5. The Morgan fingerprint density at radius 2 is 2.20 bits per heavy atom. The van der Waals surface area contributed by atoms with Gasteiger partial charge in [0, 0.05) is 19.1 Å². The third kappa shape index (κ3) is 4.06. The van der Waals surface area contributed by atoms with Crippen LogP contribution in [0.15, 0.2) is 28.8 Å². The number of amides is 1. The van der Waals surface area contributed by atoms with Crippen molar-refractivity contribution in [3.63, 3.8) is 0 Å². The van der Waals surface area contributed by atoms with E-state index in [-0.39, 0.29) is 31.0 Å². The molecule has 0 radical (unpaired) electrons. The second-order valence-corrected chi connectivity index (χ2v) is 10.3. The smallest absolute Gasteiger partial charge is 0.258 e. The Morgan fingerprint density at radius 3 is 2.87 bits per heavy atom. The van der Waals surface area contributed by atoms with Gasteiger partial charge in [-0.3, -0.25) is 4.79 Å². The number of hydrogen-bond donors (Lipinski definition) is 1. The van der Waals surface area contributed by atoms with Crippen molar-refractivity contribution < 1.29 is 22.5 Å². The molecule has 0 bridgehead atoms. The molecule has 30 heavy (non-hydrogen) atoms. The van der Waals surface area contributed by atoms with Crippen LogP contribution in [0.25, 0.3) is 0 Å². The molecule has 1 aliphatic carbocycles. The summed E-state index contributed by atoms with van der Waals surface area (Å²) in [5.74, 6) is 1.39. The Bertz CT molecular complexity index is 1050. The van der Waals surface area contributed by atoms with Gasteiger partial charge in [-0.25, -0.2) is 12.7 Å². The summed E-state index contributed by atoms with van der Waals surface area (Å²) in [6, 6.07) is 7.41. The number of carbonyl (C=O) groups excluding carboxylic acids is 1. The minimum Gasteiger partial charge on any atom is -0.484 e. The fourth-order valence-electron chi connectivity index (χ4n) is 4.64. The first-order valence-electron chi connectivity index (χ1n) is 9.90. The van der Waals surface area contributed by atoms with Gasteiger partial charge in [0.05, 0.1) is 11.7 Å². The number of fused-ring (bicyclic) bond motifs is 1. The highest BCUT2D eigenvalue weighted by atomic mass is 32.2. The quantitative estimate of drug-likeness (QED) is 0.726. The molecule has 0 spiro atoms. The number of carbonyl (C=O) groups is 1. The number of nitrogens with zero attached hydrogens (tertiary/aromatic N) is 3. The van der Waals surface area contributed by atoms with Crippen molar-refractivity contribution in [1.29, 1.82) is 0 Å². The molecule has 3 atom stereocenters. The van der Waals surface area contributed by atoms with Gasteiger partial charge in [-0.1, -0.05) is 17.3 Å². The van der Waals surface area contributed by atoms with E-state index in [9.17, 15) is 13.2 Å². The topological polar surface area (TPSA) is 115 Å². The van der Waals surface area contributed by atoms with Crippen LogP contribution in [0.1, 0.15) is 30.1 Å². The van der Waals surface area contributed by atoms with E-state index in [0.717, 1.165) is 5.56 Å². The van der Waals surface area contributed by atoms with Crippen LogP contribution >= 0.6 is 0 Å². The van der Waals surface area contributed by atoms with Crippen LogP contribution < -0.4 is 10.1 Å². The summed E-state index contributed by atoms with van der Waals surface area (Å²) >= 11 is 0. The molecule has 1 aromatic heterocycles. The molecule has 1 N–H and O–H groups in total. The fourth-order valence-corrected chi connectivity index (χ4v) is 5.56. The number of ether oxygens (including phenoxy) is 1. The normalized spacial score (nSPS) is 26.5. The maximum absolute atomic E-state index is 12.5. The molecular formula is C20H26N4O5S. The Morgan fingerprint density at radius 1 is 1.40 bits per heavy atom. The first-order chi connectivity index (χ1) is 14.2. The molecule has 2 fully saturated rings. The van der Waals surface area contributed by atoms with Crippen molar-refractivity contribution in [2.24, 2.45) is 5.92 Å². The van der Waals surface area contributed by atoms with E-state index in [0.29, 0.717) is 36.9 Å². The van der Waals surface area contributed by atoms with Crippen LogP contribution in [0.4, 0.5) is 0 Å². The second kappa shape index (κ2) is 7.66. The number of aromatic nitrogens is 2. The largest absolute Gasteiger partial charge is 0.484 e. The number of benzene rings is 1. The number of rotatable bonds is 6. The predicted molar refractivity (Wildman–Crippen MR) is 108 cm³/mol. The number of hydrogen-bond acceptors (Lipinski definition) is 7. The lowest BCUT2D eigenvalue weighted by Crippen LogP contribution is -2.40. The molecular weight excluding hydrogens is 408 g/mol. The summed E-state index contributed by atoms with van der Waals surface area (Å²) in [6.45, 7) is 4.28. The van der Waals surface area contributed by atoms with Crippen molar-refractivity contribution in [2.75, 3.05) is 26.0 Å². The van der Waals surface area contributed by atoms with Gasteiger partial charge in [-0.05, 0) is 50.3 Å². The van der Waals surface area contributed by atoms with Crippen LogP contribution in [0.5, 0.6) is 5.75 Å². The van der Waals surface area contributed by atoms with Gasteiger partial charge >= 0.3 is 0 Å². The number of sulfonamides is 1. The summed E-state index contributed by atoms with van der Waals surface area (Å²) < 4.78 is 36.8. The van der Waals surface area contributed by atoms with Gasteiger partial charge in [-0.2, -0.15) is 4.98 Å². The zero-order chi connectivity index (χ0) is 21.5. The molecule has 1 aliphatic heterocycles. The summed E-state index contributed by atoms with van der Waals surface area (Å²) in [5.41, 5.74) is 0.475. The van der Waals surface area contributed by atoms with E-state index in [1.54, 1.807) is 6.92 Å². The van der Waals surface area contributed by atoms with Crippen LogP contribution in [0.2, 0.25) is 0 Å². The van der Waals surface area contributed by atoms with Crippen LogP contribution in [-0.2, 0) is 20.2 Å². The Hall–Kier alpha value is -2.46. The maximum Gasteiger partial charge on any atom is 0.258 e. The predicted octanol–water partition coefficient (Wildman–Crippen LogP) is 1.17. The van der Waals surface area contributed by atoms with E-state index in [1.807, 2.05) is 31.2 Å². The molecule has 10 heteroatoms. The van der Waals surface area contributed by atoms with Crippen molar-refractivity contribution in [1.82, 2.24) is 19.8 Å². The zero-order valence-corrected chi connectivity index (χ0v) is 18.1. The minimum absolute atomic E-state index is 0.00457. The summed E-state index contributed by atoms with van der Waals surface area (Å²) in [5, 5.41) is 6.92. The monoisotopic (exact) mass is 434 g/mol. The average molecular weight is 435 g/mol. The lowest BCUT2D eigenvalue weighted by atomic mass is 9.80. The Balaban J connectivity index is 1.44. The molecule has 2 aromatic rings. The fraction of sp³-hybridized carbons (Fsp3) is 0.550. The van der Waals surface area contributed by atoms with E-state index in [4.69, 9.17) is 9.26 Å². The standard InChI is InChI=1S/C20H26N4O5S/c1-13-5-4-6-17(7-13)28-11-18(25)22-16-8-15-10-24(30(3,26)27)12-20(15,9-16)19-21-14(2)23-29-19/h4-7,15-16H,8-12H2,1-3H3,(H,22,25)/t15?,16-,20+/m1/s1. The second-order valence-electron chi connectivity index (χ2n) is 8.36. The molecule has 2 aliphatic rings. The molecule has 1 unspecified atom stereocenters. The summed E-state index contributed by atoms with van der Waals surface area (Å²) in [6.07, 6.45) is 2.40. The lowest BCUT2D eigenvalue weighted by Gasteiger charge is -2.24. The van der Waals surface area contributed by atoms with Gasteiger partial charge < -0.3 is 14.6 Å². The first-order valence-corrected chi connectivity index (χ1v) is 11.8. The van der Waals surface area contributed by atoms with Gasteiger partial charge in [0.15, 0.2) is 12.4 Å². The van der Waals surface area contributed by atoms with Crippen LogP contribution in [0.3, 0.4) is 0 Å². The summed E-state index contributed by atoms with van der Waals surface area (Å²) in [4.78, 5) is 16.9. The first kappa shape index (κ1) is 20.8.